The van der Waals surface area contributed by atoms with Gasteiger partial charge in [-0.1, -0.05) is 42.3 Å². The predicted octanol–water partition coefficient (Wildman–Crippen LogP) is 4.89. The molecule has 1 heterocycles. The molecule has 0 bridgehead atoms. The molecule has 2 aromatic rings. The van der Waals surface area contributed by atoms with E-state index in [1.807, 2.05) is 44.2 Å². The first-order valence-corrected chi connectivity index (χ1v) is 10.8. The van der Waals surface area contributed by atoms with Gasteiger partial charge in [0.2, 0.25) is 5.91 Å². The van der Waals surface area contributed by atoms with E-state index in [-0.39, 0.29) is 18.4 Å². The van der Waals surface area contributed by atoms with E-state index in [1.165, 1.54) is 0 Å². The quantitative estimate of drug-likeness (QED) is 0.761. The van der Waals surface area contributed by atoms with Gasteiger partial charge in [-0.2, -0.15) is 0 Å². The number of nitrogens with zero attached hydrogens (tertiary/aromatic N) is 2. The van der Waals surface area contributed by atoms with Crippen molar-refractivity contribution in [2.75, 3.05) is 11.9 Å². The summed E-state index contributed by atoms with van der Waals surface area (Å²) in [6.45, 7) is 3.99. The number of aliphatic imine (C=N–C) groups is 1. The number of carbonyl (C=O) groups is 2. The van der Waals surface area contributed by atoms with E-state index in [0.29, 0.717) is 10.7 Å². The Balaban J connectivity index is 1.59. The molecule has 2 amide bonds. The molecule has 0 aromatic heterocycles. The van der Waals surface area contributed by atoms with Crippen molar-refractivity contribution in [2.45, 2.75) is 51.6 Å². The highest BCUT2D eigenvalue weighted by Crippen LogP contribution is 2.39. The molecule has 1 saturated carbocycles. The van der Waals surface area contributed by atoms with Crippen LogP contribution in [0.4, 0.5) is 5.69 Å². The maximum absolute atomic E-state index is 13.4. The zero-order chi connectivity index (χ0) is 21.3. The summed E-state index contributed by atoms with van der Waals surface area (Å²) in [5, 5.41) is 3.59. The van der Waals surface area contributed by atoms with Crippen LogP contribution in [0.5, 0.6) is 0 Å². The number of anilines is 1. The second-order valence-corrected chi connectivity index (χ2v) is 8.63. The highest BCUT2D eigenvalue weighted by Gasteiger charge is 2.48. The van der Waals surface area contributed by atoms with E-state index in [1.54, 1.807) is 17.0 Å². The highest BCUT2D eigenvalue weighted by atomic mass is 35.5. The molecule has 0 atom stereocenters. The summed E-state index contributed by atoms with van der Waals surface area (Å²) in [5.74, 6) is -0.384. The lowest BCUT2D eigenvalue weighted by atomic mass is 9.88. The predicted molar refractivity (Wildman–Crippen MR) is 120 cm³/mol. The van der Waals surface area contributed by atoms with Crippen molar-refractivity contribution in [1.82, 2.24) is 4.90 Å². The second-order valence-electron chi connectivity index (χ2n) is 8.20. The molecule has 6 heteroatoms. The topological polar surface area (TPSA) is 61.8 Å². The van der Waals surface area contributed by atoms with Crippen LogP contribution >= 0.6 is 11.6 Å². The van der Waals surface area contributed by atoms with Crippen molar-refractivity contribution in [3.05, 3.63) is 64.2 Å². The molecule has 5 nitrogen and oxygen atoms in total. The monoisotopic (exact) mass is 423 g/mol. The number of nitrogens with one attached hydrogen (secondary N) is 1. The van der Waals surface area contributed by atoms with E-state index >= 15 is 0 Å². The fourth-order valence-electron chi connectivity index (χ4n) is 4.37. The van der Waals surface area contributed by atoms with Crippen LogP contribution in [0.25, 0.3) is 0 Å². The van der Waals surface area contributed by atoms with Gasteiger partial charge in [0, 0.05) is 16.3 Å². The van der Waals surface area contributed by atoms with Crippen molar-refractivity contribution in [1.29, 1.82) is 0 Å². The first-order valence-electron chi connectivity index (χ1n) is 10.4. The number of benzene rings is 2. The van der Waals surface area contributed by atoms with Crippen LogP contribution in [0.2, 0.25) is 5.02 Å². The first-order chi connectivity index (χ1) is 14.4. The van der Waals surface area contributed by atoms with E-state index in [2.05, 4.69) is 5.32 Å². The normalized spacial score (nSPS) is 17.9. The summed E-state index contributed by atoms with van der Waals surface area (Å²) < 4.78 is 0. The van der Waals surface area contributed by atoms with Crippen LogP contribution in [0.15, 0.2) is 47.5 Å². The summed E-state index contributed by atoms with van der Waals surface area (Å²) in [4.78, 5) is 32.9. The number of hydrogen-bond acceptors (Lipinski definition) is 3. The van der Waals surface area contributed by atoms with Gasteiger partial charge in [-0.25, -0.2) is 0 Å². The number of carbonyl (C=O) groups excluding carboxylic acids is 2. The standard InChI is InChI=1S/C24H26ClN3O2/c1-16-7-6-8-20(17(16)2)26-21(29)15-28-23(30)22(18-9-11-19(25)12-10-18)27-24(28)13-4-3-5-14-24/h6-12H,3-5,13-15H2,1-2H3,(H,26,29). The van der Waals surface area contributed by atoms with Crippen molar-refractivity contribution < 1.29 is 9.59 Å². The summed E-state index contributed by atoms with van der Waals surface area (Å²) in [6, 6.07) is 13.0. The Hall–Kier alpha value is -2.66. The number of amides is 2. The Morgan fingerprint density at radius 1 is 1.10 bits per heavy atom. The molecule has 1 fully saturated rings. The van der Waals surface area contributed by atoms with Gasteiger partial charge in [0.05, 0.1) is 0 Å². The number of rotatable bonds is 4. The smallest absolute Gasteiger partial charge is 0.275 e. The SMILES string of the molecule is Cc1cccc(NC(=O)CN2C(=O)C(c3ccc(Cl)cc3)=NC23CCCCC3)c1C. The Morgan fingerprint density at radius 2 is 1.80 bits per heavy atom. The van der Waals surface area contributed by atoms with Gasteiger partial charge in [0.15, 0.2) is 0 Å². The Kier molecular flexibility index (Phi) is 5.65. The van der Waals surface area contributed by atoms with Gasteiger partial charge in [-0.15, -0.1) is 0 Å². The van der Waals surface area contributed by atoms with Crippen LogP contribution in [0.1, 0.15) is 48.8 Å². The molecule has 1 aliphatic carbocycles. The van der Waals surface area contributed by atoms with Crippen molar-refractivity contribution in [3.8, 4) is 0 Å². The minimum atomic E-state index is -0.622. The van der Waals surface area contributed by atoms with Gasteiger partial charge in [0.25, 0.3) is 5.91 Å². The van der Waals surface area contributed by atoms with Crippen LogP contribution in [0, 0.1) is 13.8 Å². The highest BCUT2D eigenvalue weighted by molar-refractivity contribution is 6.47. The van der Waals surface area contributed by atoms with Crippen LogP contribution in [-0.4, -0.2) is 34.6 Å². The summed E-state index contributed by atoms with van der Waals surface area (Å²) in [7, 11) is 0. The fourth-order valence-corrected chi connectivity index (χ4v) is 4.49. The maximum Gasteiger partial charge on any atom is 0.275 e. The average molecular weight is 424 g/mol. The third kappa shape index (κ3) is 3.86. The largest absolute Gasteiger partial charge is 0.324 e. The van der Waals surface area contributed by atoms with Gasteiger partial charge in [0.1, 0.15) is 17.9 Å². The molecular weight excluding hydrogens is 398 g/mol. The molecule has 1 aliphatic heterocycles. The summed E-state index contributed by atoms with van der Waals surface area (Å²) in [6.07, 6.45) is 4.70. The van der Waals surface area contributed by atoms with E-state index < -0.39 is 5.66 Å². The Labute approximate surface area is 182 Å². The number of halogens is 1. The van der Waals surface area contributed by atoms with Crippen molar-refractivity contribution in [3.63, 3.8) is 0 Å². The number of aryl methyl sites for hydroxylation is 1. The Morgan fingerprint density at radius 3 is 2.50 bits per heavy atom. The lowest BCUT2D eigenvalue weighted by Gasteiger charge is -2.38. The molecule has 2 aliphatic rings. The van der Waals surface area contributed by atoms with Crippen molar-refractivity contribution in [2.24, 2.45) is 4.99 Å². The fraction of sp³-hybridized carbons (Fsp3) is 0.375. The molecule has 1 spiro atoms. The lowest BCUT2D eigenvalue weighted by Crippen LogP contribution is -2.51. The lowest BCUT2D eigenvalue weighted by molar-refractivity contribution is -0.134. The van der Waals surface area contributed by atoms with Crippen LogP contribution < -0.4 is 5.32 Å². The molecular formula is C24H26ClN3O2. The zero-order valence-corrected chi connectivity index (χ0v) is 18.1. The van der Waals surface area contributed by atoms with Crippen LogP contribution in [-0.2, 0) is 9.59 Å². The molecule has 0 radical (unpaired) electrons. The van der Waals surface area contributed by atoms with E-state index in [0.717, 1.165) is 54.5 Å². The van der Waals surface area contributed by atoms with Gasteiger partial charge in [-0.05, 0) is 68.9 Å². The van der Waals surface area contributed by atoms with Gasteiger partial charge >= 0.3 is 0 Å². The minimum Gasteiger partial charge on any atom is -0.324 e. The molecule has 0 saturated heterocycles. The third-order valence-electron chi connectivity index (χ3n) is 6.22. The number of hydrogen-bond donors (Lipinski definition) is 1. The molecule has 156 valence electrons. The van der Waals surface area contributed by atoms with Crippen molar-refractivity contribution >= 4 is 34.8 Å². The van der Waals surface area contributed by atoms with E-state index in [9.17, 15) is 9.59 Å². The van der Waals surface area contributed by atoms with Gasteiger partial charge < -0.3 is 10.2 Å². The zero-order valence-electron chi connectivity index (χ0n) is 17.4. The second kappa shape index (κ2) is 8.23. The minimum absolute atomic E-state index is 0.00714. The molecule has 4 rings (SSSR count). The summed E-state index contributed by atoms with van der Waals surface area (Å²) >= 11 is 6.01. The molecule has 2 aromatic carbocycles. The first kappa shape index (κ1) is 20.6. The van der Waals surface area contributed by atoms with E-state index in [4.69, 9.17) is 16.6 Å². The van der Waals surface area contributed by atoms with Gasteiger partial charge in [-0.3, -0.25) is 14.6 Å². The Bertz CT molecular complexity index is 1010. The van der Waals surface area contributed by atoms with Crippen LogP contribution in [0.3, 0.4) is 0 Å². The third-order valence-corrected chi connectivity index (χ3v) is 6.47. The average Bonchev–Trinajstić information content (AvgIpc) is 2.98. The molecule has 0 unspecified atom stereocenters. The molecule has 1 N–H and O–H groups in total. The summed E-state index contributed by atoms with van der Waals surface area (Å²) in [5.41, 5.74) is 3.47. The molecule has 30 heavy (non-hydrogen) atoms. The maximum atomic E-state index is 13.4.